The lowest BCUT2D eigenvalue weighted by Gasteiger charge is -2.33. The van der Waals surface area contributed by atoms with Gasteiger partial charge < -0.3 is 15.2 Å². The highest BCUT2D eigenvalue weighted by molar-refractivity contribution is 6.05. The van der Waals surface area contributed by atoms with E-state index >= 15 is 0 Å². The van der Waals surface area contributed by atoms with Crippen LogP contribution in [0.25, 0.3) is 10.9 Å². The van der Waals surface area contributed by atoms with E-state index in [1.807, 2.05) is 0 Å². The molecule has 4 rings (SSSR count). The molecule has 1 aliphatic carbocycles. The molecule has 0 aliphatic heterocycles. The summed E-state index contributed by atoms with van der Waals surface area (Å²) in [5.74, 6) is -0.900. The topological polar surface area (TPSA) is 121 Å². The van der Waals surface area contributed by atoms with E-state index in [2.05, 4.69) is 25.5 Å². The number of anilines is 1. The lowest BCUT2D eigenvalue weighted by Crippen LogP contribution is -2.29. The Morgan fingerprint density at radius 3 is 2.59 bits per heavy atom. The molecule has 8 nitrogen and oxygen atoms in total. The summed E-state index contributed by atoms with van der Waals surface area (Å²) in [7, 11) is 0. The van der Waals surface area contributed by atoms with Crippen LogP contribution in [0.4, 0.5) is 18.9 Å². The second-order valence-corrected chi connectivity index (χ2v) is 8.96. The van der Waals surface area contributed by atoms with Gasteiger partial charge in [0.1, 0.15) is 6.29 Å². The molecule has 2 aromatic heterocycles. The van der Waals surface area contributed by atoms with E-state index in [0.29, 0.717) is 22.9 Å². The lowest BCUT2D eigenvalue weighted by atomic mass is 9.75. The molecule has 1 aliphatic rings. The van der Waals surface area contributed by atoms with Crippen LogP contribution in [0.15, 0.2) is 30.7 Å². The van der Waals surface area contributed by atoms with Crippen molar-refractivity contribution in [2.24, 2.45) is 11.8 Å². The van der Waals surface area contributed by atoms with Crippen molar-refractivity contribution in [3.63, 3.8) is 0 Å². The van der Waals surface area contributed by atoms with Crippen LogP contribution in [0, 0.1) is 11.8 Å². The number of carbonyl (C=O) groups excluding carboxylic acids is 2. The van der Waals surface area contributed by atoms with E-state index in [9.17, 15) is 27.9 Å². The third-order valence-corrected chi connectivity index (χ3v) is 6.36. The number of amides is 1. The Hall–Kier alpha value is -3.34. The van der Waals surface area contributed by atoms with E-state index < -0.39 is 29.1 Å². The summed E-state index contributed by atoms with van der Waals surface area (Å²) in [6.07, 6.45) is 2.92. The van der Waals surface area contributed by atoms with Crippen LogP contribution in [0.5, 0.6) is 0 Å². The van der Waals surface area contributed by atoms with Gasteiger partial charge in [-0.3, -0.25) is 9.89 Å². The maximum absolute atomic E-state index is 13.3. The van der Waals surface area contributed by atoms with Gasteiger partial charge in [0, 0.05) is 34.9 Å². The van der Waals surface area contributed by atoms with Gasteiger partial charge in [-0.1, -0.05) is 0 Å². The van der Waals surface area contributed by atoms with E-state index in [4.69, 9.17) is 0 Å². The molecule has 0 bridgehead atoms. The van der Waals surface area contributed by atoms with E-state index in [1.165, 1.54) is 6.20 Å². The molecule has 3 aromatic rings. The van der Waals surface area contributed by atoms with E-state index in [1.54, 1.807) is 19.1 Å². The predicted molar refractivity (Wildman–Crippen MR) is 117 cm³/mol. The number of fused-ring (bicyclic) bond motifs is 1. The molecule has 0 saturated heterocycles. The zero-order valence-electron chi connectivity index (χ0n) is 18.4. The van der Waals surface area contributed by atoms with Gasteiger partial charge >= 0.3 is 6.18 Å². The maximum atomic E-state index is 13.3. The van der Waals surface area contributed by atoms with Gasteiger partial charge in [-0.2, -0.15) is 18.3 Å². The van der Waals surface area contributed by atoms with Crippen molar-refractivity contribution in [1.29, 1.82) is 0 Å². The maximum Gasteiger partial charge on any atom is 0.435 e. The minimum atomic E-state index is -4.86. The van der Waals surface area contributed by atoms with Crippen molar-refractivity contribution in [2.75, 3.05) is 5.32 Å². The summed E-state index contributed by atoms with van der Waals surface area (Å²) in [5, 5.41) is 21.3. The van der Waals surface area contributed by atoms with Crippen molar-refractivity contribution < 1.29 is 27.9 Å². The van der Waals surface area contributed by atoms with Gasteiger partial charge in [-0.15, -0.1) is 0 Å². The smallest absolute Gasteiger partial charge is 0.385 e. The summed E-state index contributed by atoms with van der Waals surface area (Å²) in [4.78, 5) is 30.8. The molecule has 180 valence electrons. The highest BCUT2D eigenvalue weighted by Crippen LogP contribution is 2.40. The van der Waals surface area contributed by atoms with Crippen LogP contribution in [0.2, 0.25) is 0 Å². The first-order chi connectivity index (χ1) is 16.1. The largest absolute Gasteiger partial charge is 0.435 e. The third kappa shape index (κ3) is 4.93. The highest BCUT2D eigenvalue weighted by Gasteiger charge is 2.39. The second kappa shape index (κ2) is 9.13. The van der Waals surface area contributed by atoms with Crippen molar-refractivity contribution in [2.45, 2.75) is 50.8 Å². The van der Waals surface area contributed by atoms with Crippen molar-refractivity contribution in [3.8, 4) is 0 Å². The number of nitrogens with one attached hydrogen (secondary N) is 2. The first-order valence-electron chi connectivity index (χ1n) is 10.9. The van der Waals surface area contributed by atoms with Crippen molar-refractivity contribution in [1.82, 2.24) is 20.2 Å². The zero-order valence-corrected chi connectivity index (χ0v) is 18.4. The molecule has 1 aromatic carbocycles. The van der Waals surface area contributed by atoms with Gasteiger partial charge in [-0.05, 0) is 57.1 Å². The summed E-state index contributed by atoms with van der Waals surface area (Å²) < 4.78 is 40.0. The Kier molecular flexibility index (Phi) is 6.39. The quantitative estimate of drug-likeness (QED) is 0.459. The van der Waals surface area contributed by atoms with E-state index in [0.717, 1.165) is 44.4 Å². The fourth-order valence-corrected chi connectivity index (χ4v) is 4.63. The molecule has 3 N–H and O–H groups in total. The Morgan fingerprint density at radius 1 is 1.21 bits per heavy atom. The number of aliphatic hydroxyl groups is 1. The SMILES string of the molecule is CC(O)(CC1CCC(C=O)CC1)c1cc2[nH]ncc2cc1NC(=O)c1nccnc1C(F)(F)F. The molecular weight excluding hydrogens is 451 g/mol. The molecule has 1 atom stereocenters. The molecule has 0 spiro atoms. The van der Waals surface area contributed by atoms with Gasteiger partial charge in [0.2, 0.25) is 0 Å². The number of hydrogen-bond donors (Lipinski definition) is 3. The summed E-state index contributed by atoms with van der Waals surface area (Å²) in [6, 6.07) is 3.18. The third-order valence-electron chi connectivity index (χ3n) is 6.36. The molecule has 1 amide bonds. The van der Waals surface area contributed by atoms with Crippen LogP contribution in [0.1, 0.15) is 60.8 Å². The fraction of sp³-hybridized carbons (Fsp3) is 0.435. The molecule has 1 fully saturated rings. The van der Waals surface area contributed by atoms with Crippen LogP contribution in [-0.2, 0) is 16.6 Å². The molecule has 1 saturated carbocycles. The standard InChI is InChI=1S/C23H24F3N5O3/c1-22(34,10-13-2-4-14(12-32)5-3-13)16-9-17-15(11-29-31-17)8-18(16)30-21(33)19-20(23(24,25)26)28-7-6-27-19/h6-9,11-14,34H,2-5,10H2,1H3,(H,29,31)(H,30,33). The number of halogens is 3. The van der Waals surface area contributed by atoms with Crippen molar-refractivity contribution in [3.05, 3.63) is 47.7 Å². The Morgan fingerprint density at radius 2 is 1.91 bits per heavy atom. The summed E-state index contributed by atoms with van der Waals surface area (Å²) in [5.41, 5.74) is -2.56. The number of H-pyrrole nitrogens is 1. The van der Waals surface area contributed by atoms with Crippen LogP contribution in [0.3, 0.4) is 0 Å². The minimum absolute atomic E-state index is 0.0344. The number of benzene rings is 1. The molecule has 1 unspecified atom stereocenters. The van der Waals surface area contributed by atoms with Crippen molar-refractivity contribution >= 4 is 28.8 Å². The average Bonchev–Trinajstić information content (AvgIpc) is 3.26. The van der Waals surface area contributed by atoms with Crippen LogP contribution in [-0.4, -0.2) is 37.5 Å². The molecular formula is C23H24F3N5O3. The second-order valence-electron chi connectivity index (χ2n) is 8.96. The number of carbonyl (C=O) groups is 2. The number of rotatable bonds is 6. The summed E-state index contributed by atoms with van der Waals surface area (Å²) in [6.45, 7) is 1.61. The number of nitrogens with zero attached hydrogens (tertiary/aromatic N) is 3. The predicted octanol–water partition coefficient (Wildman–Crippen LogP) is 4.23. The number of aromatic amines is 1. The lowest BCUT2D eigenvalue weighted by molar-refractivity contribution is -0.141. The number of alkyl halides is 3. The highest BCUT2D eigenvalue weighted by atomic mass is 19.4. The zero-order chi connectivity index (χ0) is 24.5. The normalized spacial score (nSPS) is 20.6. The van der Waals surface area contributed by atoms with Gasteiger partial charge in [0.05, 0.1) is 17.3 Å². The number of aromatic nitrogens is 4. The van der Waals surface area contributed by atoms with E-state index in [-0.39, 0.29) is 17.5 Å². The fourth-order valence-electron chi connectivity index (χ4n) is 4.63. The monoisotopic (exact) mass is 475 g/mol. The van der Waals surface area contributed by atoms with Gasteiger partial charge in [0.15, 0.2) is 11.4 Å². The number of aldehydes is 1. The van der Waals surface area contributed by atoms with Gasteiger partial charge in [-0.25, -0.2) is 9.97 Å². The average molecular weight is 475 g/mol. The van der Waals surface area contributed by atoms with Gasteiger partial charge in [0.25, 0.3) is 5.91 Å². The molecule has 0 radical (unpaired) electrons. The summed E-state index contributed by atoms with van der Waals surface area (Å²) >= 11 is 0. The Labute approximate surface area is 193 Å². The minimum Gasteiger partial charge on any atom is -0.385 e. The Bertz CT molecular complexity index is 1200. The van der Waals surface area contributed by atoms with Crippen LogP contribution < -0.4 is 5.32 Å². The molecule has 11 heteroatoms. The molecule has 34 heavy (non-hydrogen) atoms. The first-order valence-corrected chi connectivity index (χ1v) is 10.9. The van der Waals surface area contributed by atoms with Crippen LogP contribution >= 0.6 is 0 Å². The Balaban J connectivity index is 1.66. The molecule has 2 heterocycles. The first kappa shape index (κ1) is 23.8. The number of hydrogen-bond acceptors (Lipinski definition) is 6.